The lowest BCUT2D eigenvalue weighted by Gasteiger charge is -2.19. The van der Waals surface area contributed by atoms with Crippen LogP contribution >= 0.6 is 0 Å². The van der Waals surface area contributed by atoms with Crippen LogP contribution in [0, 0.1) is 0 Å². The normalized spacial score (nSPS) is 11.2. The molecule has 0 saturated heterocycles. The second-order valence-electron chi connectivity index (χ2n) is 6.91. The summed E-state index contributed by atoms with van der Waals surface area (Å²) in [5.74, 6) is -0.298. The molecule has 1 aliphatic carbocycles. The van der Waals surface area contributed by atoms with Gasteiger partial charge in [0.05, 0.1) is 0 Å². The number of carbonyl (C=O) groups is 1. The van der Waals surface area contributed by atoms with Gasteiger partial charge in [-0.1, -0.05) is 30.6 Å². The second-order valence-corrected chi connectivity index (χ2v) is 6.91. The van der Waals surface area contributed by atoms with Crippen LogP contribution in [-0.2, 0) is 4.79 Å². The molecule has 6 nitrogen and oxygen atoms in total. The first kappa shape index (κ1) is 18.0. The average Bonchev–Trinajstić information content (AvgIpc) is 2.69. The first-order valence-corrected chi connectivity index (χ1v) is 9.22. The third-order valence-electron chi connectivity index (χ3n) is 4.91. The molecule has 4 rings (SSSR count). The van der Waals surface area contributed by atoms with Gasteiger partial charge in [-0.05, 0) is 12.1 Å². The number of rotatable bonds is 6. The maximum Gasteiger partial charge on any atom is 0.295 e. The van der Waals surface area contributed by atoms with E-state index in [1.807, 2.05) is 43.4 Å². The van der Waals surface area contributed by atoms with Crippen molar-refractivity contribution in [2.45, 2.75) is 12.6 Å². The maximum absolute atomic E-state index is 12.4. The van der Waals surface area contributed by atoms with Gasteiger partial charge in [-0.2, -0.15) is 0 Å². The van der Waals surface area contributed by atoms with Gasteiger partial charge in [0, 0.05) is 48.5 Å². The number of carboxylic acids is 1. The smallest absolute Gasteiger partial charge is 0.295 e. The minimum Gasteiger partial charge on any atom is -0.482 e. The Hall–Kier alpha value is -3.35. The number of carboxylic acid groups (broad SMARTS) is 1. The Morgan fingerprint density at radius 2 is 1.96 bits per heavy atom. The van der Waals surface area contributed by atoms with Crippen molar-refractivity contribution in [1.29, 1.82) is 0 Å². The zero-order valence-electron chi connectivity index (χ0n) is 15.5. The molecule has 0 radical (unpaired) electrons. The molecule has 0 atom stereocenters. The van der Waals surface area contributed by atoms with Crippen molar-refractivity contribution in [3.8, 4) is 11.5 Å². The quantitative estimate of drug-likeness (QED) is 0.241. The summed E-state index contributed by atoms with van der Waals surface area (Å²) in [5, 5.41) is 10.2. The minimum absolute atomic E-state index is 0.0836. The van der Waals surface area contributed by atoms with Crippen LogP contribution in [0.2, 0.25) is 12.6 Å². The standard InChI is InChI=1S/C21H19BN2O4/c1-24(9-8-22-12-20(26)27)13-6-7-16-18(10-13)28-19-11-17(25)14-4-2-3-5-15(14)21(19)23-16/h2-7,10-11,22H,8-9,12H2,1H3,(H,26,27). The highest BCUT2D eigenvalue weighted by Crippen LogP contribution is 2.31. The first-order valence-electron chi connectivity index (χ1n) is 9.22. The van der Waals surface area contributed by atoms with E-state index in [2.05, 4.69) is 4.90 Å². The largest absolute Gasteiger partial charge is 0.482 e. The molecule has 1 heterocycles. The molecule has 2 aliphatic rings. The number of anilines is 1. The number of aliphatic carboxylic acids is 1. The van der Waals surface area contributed by atoms with Gasteiger partial charge < -0.3 is 14.4 Å². The van der Waals surface area contributed by atoms with Crippen LogP contribution in [0.4, 0.5) is 5.69 Å². The first-order chi connectivity index (χ1) is 13.5. The van der Waals surface area contributed by atoms with Crippen LogP contribution in [0.3, 0.4) is 0 Å². The Bertz CT molecular complexity index is 1200. The summed E-state index contributed by atoms with van der Waals surface area (Å²) in [6, 6.07) is 14.7. The van der Waals surface area contributed by atoms with Gasteiger partial charge >= 0.3 is 0 Å². The molecule has 0 bridgehead atoms. The molecule has 28 heavy (non-hydrogen) atoms. The van der Waals surface area contributed by atoms with E-state index in [9.17, 15) is 9.59 Å². The van der Waals surface area contributed by atoms with E-state index in [1.54, 1.807) is 6.07 Å². The number of fused-ring (bicyclic) bond motifs is 4. The average molecular weight is 374 g/mol. The zero-order valence-corrected chi connectivity index (χ0v) is 15.5. The van der Waals surface area contributed by atoms with E-state index < -0.39 is 5.97 Å². The Morgan fingerprint density at radius 3 is 2.75 bits per heavy atom. The van der Waals surface area contributed by atoms with E-state index >= 15 is 0 Å². The molecule has 0 saturated carbocycles. The van der Waals surface area contributed by atoms with E-state index in [0.717, 1.165) is 29.5 Å². The third kappa shape index (κ3) is 3.43. The lowest BCUT2D eigenvalue weighted by atomic mass is 9.71. The topological polar surface area (TPSA) is 83.6 Å². The Morgan fingerprint density at radius 1 is 1.18 bits per heavy atom. The summed E-state index contributed by atoms with van der Waals surface area (Å²) in [6.07, 6.45) is 0.974. The van der Waals surface area contributed by atoms with Crippen LogP contribution < -0.4 is 10.3 Å². The zero-order chi connectivity index (χ0) is 19.7. The molecule has 0 spiro atoms. The van der Waals surface area contributed by atoms with Gasteiger partial charge in [-0.15, -0.1) is 0 Å². The van der Waals surface area contributed by atoms with Crippen LogP contribution in [0.15, 0.2) is 57.7 Å². The molecular weight excluding hydrogens is 355 g/mol. The van der Waals surface area contributed by atoms with Gasteiger partial charge in [0.2, 0.25) is 0 Å². The number of benzene rings is 3. The lowest BCUT2D eigenvalue weighted by Crippen LogP contribution is -2.20. The predicted octanol–water partition coefficient (Wildman–Crippen LogP) is 3.24. The van der Waals surface area contributed by atoms with Crippen LogP contribution in [0.25, 0.3) is 33.3 Å². The van der Waals surface area contributed by atoms with Crippen molar-refractivity contribution in [2.75, 3.05) is 18.5 Å². The number of nitrogens with zero attached hydrogens (tertiary/aromatic N) is 2. The van der Waals surface area contributed by atoms with Crippen molar-refractivity contribution in [3.63, 3.8) is 0 Å². The molecule has 7 heteroatoms. The predicted molar refractivity (Wildman–Crippen MR) is 112 cm³/mol. The molecule has 2 aromatic carbocycles. The highest BCUT2D eigenvalue weighted by molar-refractivity contribution is 6.40. The fourth-order valence-electron chi connectivity index (χ4n) is 3.40. The molecular formula is C21H19BN2O4. The van der Waals surface area contributed by atoms with Gasteiger partial charge in [0.15, 0.2) is 16.8 Å². The maximum atomic E-state index is 12.4. The fourth-order valence-corrected chi connectivity index (χ4v) is 3.40. The van der Waals surface area contributed by atoms with Gasteiger partial charge in [-0.25, -0.2) is 4.98 Å². The third-order valence-corrected chi connectivity index (χ3v) is 4.91. The monoisotopic (exact) mass is 374 g/mol. The molecule has 0 aromatic heterocycles. The minimum atomic E-state index is -0.768. The van der Waals surface area contributed by atoms with Crippen molar-refractivity contribution in [1.82, 2.24) is 4.98 Å². The van der Waals surface area contributed by atoms with E-state index in [4.69, 9.17) is 14.5 Å². The highest BCUT2D eigenvalue weighted by Gasteiger charge is 2.16. The van der Waals surface area contributed by atoms with E-state index in [0.29, 0.717) is 29.7 Å². The van der Waals surface area contributed by atoms with Gasteiger partial charge in [-0.3, -0.25) is 9.59 Å². The number of aromatic nitrogens is 1. The van der Waals surface area contributed by atoms with Crippen molar-refractivity contribution < 1.29 is 14.3 Å². The number of hydrogen-bond donors (Lipinski definition) is 1. The Labute approximate surface area is 162 Å². The Balaban J connectivity index is 1.69. The molecule has 140 valence electrons. The van der Waals surface area contributed by atoms with Gasteiger partial charge in [0.25, 0.3) is 5.97 Å². The number of hydrogen-bond acceptors (Lipinski definition) is 5. The van der Waals surface area contributed by atoms with Crippen LogP contribution in [0.5, 0.6) is 0 Å². The Kier molecular flexibility index (Phi) is 4.73. The molecule has 2 aromatic rings. The summed E-state index contributed by atoms with van der Waals surface area (Å²) < 4.78 is 6.02. The van der Waals surface area contributed by atoms with Crippen LogP contribution in [0.1, 0.15) is 0 Å². The summed E-state index contributed by atoms with van der Waals surface area (Å²) in [6.45, 7) is 0.745. The summed E-state index contributed by atoms with van der Waals surface area (Å²) in [5.41, 5.74) is 2.88. The summed E-state index contributed by atoms with van der Waals surface area (Å²) >= 11 is 0. The lowest BCUT2D eigenvalue weighted by molar-refractivity contribution is -0.134. The summed E-state index contributed by atoms with van der Waals surface area (Å²) in [4.78, 5) is 29.8. The SMILES string of the molecule is CN(CCBCC(=O)O)c1ccc2nc3c4ccccc4c(=O)cc-3oc2c1. The molecule has 1 aliphatic heterocycles. The van der Waals surface area contributed by atoms with Crippen LogP contribution in [-0.4, -0.2) is 36.9 Å². The van der Waals surface area contributed by atoms with E-state index in [-0.39, 0.29) is 11.7 Å². The highest BCUT2D eigenvalue weighted by atomic mass is 16.4. The second kappa shape index (κ2) is 7.35. The molecule has 1 N–H and O–H groups in total. The van der Waals surface area contributed by atoms with Gasteiger partial charge in [0.1, 0.15) is 18.5 Å². The molecule has 0 amide bonds. The van der Waals surface area contributed by atoms with Crippen molar-refractivity contribution in [3.05, 3.63) is 58.8 Å². The van der Waals surface area contributed by atoms with E-state index in [1.165, 1.54) is 6.07 Å². The van der Waals surface area contributed by atoms with Crippen molar-refractivity contribution in [2.24, 2.45) is 0 Å². The molecule has 0 fully saturated rings. The molecule has 0 unspecified atom stereocenters. The summed E-state index contributed by atoms with van der Waals surface area (Å²) in [7, 11) is 2.60. The fraction of sp³-hybridized carbons (Fsp3) is 0.190. The van der Waals surface area contributed by atoms with Crippen molar-refractivity contribution >= 4 is 40.8 Å².